The standard InChI is InChI=1S/C17H19F3N2O2/c1-11-7-5-6-8-12(11)15(23)22-16(24,17(18,19)20)13-9-3-2-4-10-14(13)21-22/h5-8,13,24H,2-4,9-10H2,1H3/t13-,16-/m0/s1. The number of rotatable bonds is 1. The minimum absolute atomic E-state index is 0.112. The molecule has 3 rings (SSSR count). The molecule has 1 aliphatic heterocycles. The second-order valence-electron chi connectivity index (χ2n) is 6.40. The Morgan fingerprint density at radius 3 is 2.67 bits per heavy atom. The number of aryl methyl sites for hydroxylation is 1. The lowest BCUT2D eigenvalue weighted by Crippen LogP contribution is -2.61. The van der Waals surface area contributed by atoms with E-state index in [2.05, 4.69) is 5.10 Å². The van der Waals surface area contributed by atoms with Crippen LogP contribution in [0.15, 0.2) is 29.4 Å². The van der Waals surface area contributed by atoms with Gasteiger partial charge in [0.1, 0.15) is 0 Å². The topological polar surface area (TPSA) is 52.9 Å². The van der Waals surface area contributed by atoms with Gasteiger partial charge in [0.05, 0.1) is 5.92 Å². The van der Waals surface area contributed by atoms with Crippen LogP contribution in [0.5, 0.6) is 0 Å². The van der Waals surface area contributed by atoms with Crippen LogP contribution in [0.3, 0.4) is 0 Å². The molecular formula is C17H19F3N2O2. The Balaban J connectivity index is 2.07. The maximum Gasteiger partial charge on any atom is 0.439 e. The lowest BCUT2D eigenvalue weighted by molar-refractivity contribution is -0.312. The Labute approximate surface area is 138 Å². The molecule has 2 atom stereocenters. The molecule has 0 saturated heterocycles. The number of carbonyl (C=O) groups excluding carboxylic acids is 1. The van der Waals surface area contributed by atoms with E-state index >= 15 is 0 Å². The summed E-state index contributed by atoms with van der Waals surface area (Å²) in [6, 6.07) is 6.36. The Kier molecular flexibility index (Phi) is 4.15. The highest BCUT2D eigenvalue weighted by molar-refractivity contribution is 6.00. The molecule has 1 aromatic carbocycles. The molecule has 1 heterocycles. The van der Waals surface area contributed by atoms with E-state index in [1.165, 1.54) is 6.07 Å². The van der Waals surface area contributed by atoms with Gasteiger partial charge in [-0.25, -0.2) is 0 Å². The Hall–Kier alpha value is -1.89. The van der Waals surface area contributed by atoms with Crippen molar-refractivity contribution in [2.24, 2.45) is 11.0 Å². The van der Waals surface area contributed by atoms with Crippen molar-refractivity contribution in [2.45, 2.75) is 50.9 Å². The van der Waals surface area contributed by atoms with Gasteiger partial charge in [-0.05, 0) is 37.8 Å². The van der Waals surface area contributed by atoms with Crippen molar-refractivity contribution in [2.75, 3.05) is 0 Å². The van der Waals surface area contributed by atoms with Gasteiger partial charge < -0.3 is 5.11 Å². The fraction of sp³-hybridized carbons (Fsp3) is 0.529. The number of hydrogen-bond donors (Lipinski definition) is 1. The average molecular weight is 340 g/mol. The summed E-state index contributed by atoms with van der Waals surface area (Å²) in [4.78, 5) is 12.7. The van der Waals surface area contributed by atoms with E-state index in [-0.39, 0.29) is 22.7 Å². The van der Waals surface area contributed by atoms with Gasteiger partial charge in [-0.2, -0.15) is 23.3 Å². The molecular weight excluding hydrogens is 321 g/mol. The van der Waals surface area contributed by atoms with Crippen LogP contribution in [-0.4, -0.2) is 33.6 Å². The zero-order valence-corrected chi connectivity index (χ0v) is 13.3. The summed E-state index contributed by atoms with van der Waals surface area (Å²) in [6.45, 7) is 1.64. The Bertz CT molecular complexity index is 687. The SMILES string of the molecule is Cc1ccccc1C(=O)N1N=C2CCCCC[C@@H]2[C@]1(O)C(F)(F)F. The average Bonchev–Trinajstić information content (AvgIpc) is 2.68. The summed E-state index contributed by atoms with van der Waals surface area (Å²) in [5.41, 5.74) is -2.35. The number of alkyl halides is 3. The largest absolute Gasteiger partial charge is 0.439 e. The molecule has 1 saturated carbocycles. The summed E-state index contributed by atoms with van der Waals surface area (Å²) in [7, 11) is 0. The number of amides is 1. The van der Waals surface area contributed by atoms with Crippen LogP contribution in [0.1, 0.15) is 48.0 Å². The molecule has 1 amide bonds. The van der Waals surface area contributed by atoms with E-state index in [4.69, 9.17) is 0 Å². The molecule has 0 spiro atoms. The number of carbonyl (C=O) groups is 1. The van der Waals surface area contributed by atoms with Crippen LogP contribution >= 0.6 is 0 Å². The van der Waals surface area contributed by atoms with Gasteiger partial charge in [0, 0.05) is 11.3 Å². The molecule has 7 heteroatoms. The first-order chi connectivity index (χ1) is 11.3. The monoisotopic (exact) mass is 340 g/mol. The number of aliphatic hydroxyl groups is 1. The van der Waals surface area contributed by atoms with E-state index in [0.29, 0.717) is 18.4 Å². The van der Waals surface area contributed by atoms with Gasteiger partial charge >= 0.3 is 6.18 Å². The molecule has 0 unspecified atom stereocenters. The van der Waals surface area contributed by atoms with Crippen LogP contribution in [0.25, 0.3) is 0 Å². The number of halogens is 3. The zero-order chi connectivity index (χ0) is 17.5. The van der Waals surface area contributed by atoms with Crippen LogP contribution in [0, 0.1) is 12.8 Å². The molecule has 130 valence electrons. The highest BCUT2D eigenvalue weighted by atomic mass is 19.4. The third kappa shape index (κ3) is 2.51. The van der Waals surface area contributed by atoms with Crippen molar-refractivity contribution in [3.63, 3.8) is 0 Å². The third-order valence-corrected chi connectivity index (χ3v) is 4.85. The van der Waals surface area contributed by atoms with Crippen molar-refractivity contribution in [1.29, 1.82) is 0 Å². The third-order valence-electron chi connectivity index (χ3n) is 4.85. The van der Waals surface area contributed by atoms with Crippen molar-refractivity contribution < 1.29 is 23.1 Å². The van der Waals surface area contributed by atoms with Gasteiger partial charge in [0.2, 0.25) is 0 Å². The van der Waals surface area contributed by atoms with Crippen molar-refractivity contribution in [1.82, 2.24) is 5.01 Å². The highest BCUT2D eigenvalue weighted by Crippen LogP contribution is 2.48. The van der Waals surface area contributed by atoms with E-state index < -0.39 is 23.7 Å². The van der Waals surface area contributed by atoms with E-state index in [0.717, 1.165) is 12.8 Å². The molecule has 2 aliphatic rings. The fourth-order valence-electron chi connectivity index (χ4n) is 3.52. The van der Waals surface area contributed by atoms with Crippen LogP contribution in [0.4, 0.5) is 13.2 Å². The molecule has 24 heavy (non-hydrogen) atoms. The molecule has 1 fully saturated rings. The molecule has 0 aromatic heterocycles. The summed E-state index contributed by atoms with van der Waals surface area (Å²) in [5, 5.41) is 14.8. The molecule has 1 N–H and O–H groups in total. The van der Waals surface area contributed by atoms with Crippen molar-refractivity contribution >= 4 is 11.6 Å². The predicted molar refractivity (Wildman–Crippen MR) is 82.4 cm³/mol. The summed E-state index contributed by atoms with van der Waals surface area (Å²) in [5.74, 6) is -2.11. The second kappa shape index (κ2) is 5.88. The van der Waals surface area contributed by atoms with Gasteiger partial charge in [-0.3, -0.25) is 4.79 Å². The summed E-state index contributed by atoms with van der Waals surface area (Å²) >= 11 is 0. The molecule has 0 radical (unpaired) electrons. The van der Waals surface area contributed by atoms with Gasteiger partial charge in [-0.1, -0.05) is 31.0 Å². The van der Waals surface area contributed by atoms with Crippen LogP contribution in [0.2, 0.25) is 0 Å². The summed E-state index contributed by atoms with van der Waals surface area (Å²) in [6.07, 6.45) is -2.34. The number of fused-ring (bicyclic) bond motifs is 1. The van der Waals surface area contributed by atoms with Crippen molar-refractivity contribution in [3.8, 4) is 0 Å². The van der Waals surface area contributed by atoms with Gasteiger partial charge in [-0.15, -0.1) is 0 Å². The predicted octanol–water partition coefficient (Wildman–Crippen LogP) is 3.64. The normalized spacial score (nSPS) is 27.5. The lowest BCUT2D eigenvalue weighted by atomic mass is 9.87. The van der Waals surface area contributed by atoms with Gasteiger partial charge in [0.25, 0.3) is 11.6 Å². The smallest absolute Gasteiger partial charge is 0.362 e. The maximum atomic E-state index is 13.8. The maximum absolute atomic E-state index is 13.8. The lowest BCUT2D eigenvalue weighted by Gasteiger charge is -2.37. The minimum Gasteiger partial charge on any atom is -0.362 e. The van der Waals surface area contributed by atoms with Crippen LogP contribution < -0.4 is 0 Å². The number of hydrogen-bond acceptors (Lipinski definition) is 3. The number of hydrazone groups is 1. The summed E-state index contributed by atoms with van der Waals surface area (Å²) < 4.78 is 41.3. The molecule has 4 nitrogen and oxygen atoms in total. The van der Waals surface area contributed by atoms with Crippen molar-refractivity contribution in [3.05, 3.63) is 35.4 Å². The van der Waals surface area contributed by atoms with E-state index in [9.17, 15) is 23.1 Å². The first-order valence-corrected chi connectivity index (χ1v) is 8.03. The minimum atomic E-state index is -4.98. The molecule has 1 aliphatic carbocycles. The first kappa shape index (κ1) is 17.0. The number of benzene rings is 1. The second-order valence-corrected chi connectivity index (χ2v) is 6.40. The zero-order valence-electron chi connectivity index (χ0n) is 13.3. The van der Waals surface area contributed by atoms with Crippen LogP contribution in [-0.2, 0) is 0 Å². The number of nitrogens with zero attached hydrogens (tertiary/aromatic N) is 2. The van der Waals surface area contributed by atoms with Gasteiger partial charge in [0.15, 0.2) is 0 Å². The Morgan fingerprint density at radius 2 is 2.00 bits per heavy atom. The highest BCUT2D eigenvalue weighted by Gasteiger charge is 2.68. The first-order valence-electron chi connectivity index (χ1n) is 8.03. The Morgan fingerprint density at radius 1 is 1.29 bits per heavy atom. The molecule has 0 bridgehead atoms. The fourth-order valence-corrected chi connectivity index (χ4v) is 3.52. The van der Waals surface area contributed by atoms with E-state index in [1.807, 2.05) is 0 Å². The quantitative estimate of drug-likeness (QED) is 0.849. The molecule has 1 aromatic rings. The van der Waals surface area contributed by atoms with E-state index in [1.54, 1.807) is 25.1 Å².